The van der Waals surface area contributed by atoms with Crippen molar-refractivity contribution in [2.75, 3.05) is 0 Å². The largest absolute Gasteiger partial charge is 0.393 e. The van der Waals surface area contributed by atoms with Crippen molar-refractivity contribution in [2.24, 2.45) is 23.2 Å². The number of ketones is 1. The van der Waals surface area contributed by atoms with E-state index in [9.17, 15) is 9.90 Å². The quantitative estimate of drug-likeness (QED) is 0.735. The highest BCUT2D eigenvalue weighted by Crippen LogP contribution is 2.61. The lowest BCUT2D eigenvalue weighted by Gasteiger charge is -2.51. The van der Waals surface area contributed by atoms with E-state index in [1.165, 1.54) is 24.0 Å². The van der Waals surface area contributed by atoms with Gasteiger partial charge in [0.1, 0.15) is 0 Å². The molecule has 2 fully saturated rings. The van der Waals surface area contributed by atoms with Crippen LogP contribution in [-0.2, 0) is 4.79 Å². The maximum atomic E-state index is 11.7. The molecule has 4 rings (SSSR count). The molecule has 0 aromatic heterocycles. The normalized spacial score (nSPS) is 45.9. The van der Waals surface area contributed by atoms with E-state index >= 15 is 0 Å². The minimum Gasteiger partial charge on any atom is -0.393 e. The lowest BCUT2D eigenvalue weighted by Crippen LogP contribution is -2.45. The fourth-order valence-electron chi connectivity index (χ4n) is 6.05. The lowest BCUT2D eigenvalue weighted by atomic mass is 9.54. The Labute approximate surface area is 127 Å². The van der Waals surface area contributed by atoms with Gasteiger partial charge in [0.05, 0.1) is 6.10 Å². The van der Waals surface area contributed by atoms with Crippen LogP contribution in [0, 0.1) is 23.2 Å². The average Bonchev–Trinajstić information content (AvgIpc) is 2.74. The summed E-state index contributed by atoms with van der Waals surface area (Å²) in [5.41, 5.74) is 4.66. The molecule has 0 heterocycles. The van der Waals surface area contributed by atoms with Crippen LogP contribution in [0.25, 0.3) is 0 Å². The van der Waals surface area contributed by atoms with Crippen LogP contribution in [0.3, 0.4) is 0 Å². The number of aliphatic hydroxyl groups excluding tert-OH is 1. The molecule has 0 aromatic rings. The van der Waals surface area contributed by atoms with Gasteiger partial charge in [0.2, 0.25) is 0 Å². The Morgan fingerprint density at radius 2 is 2.00 bits per heavy atom. The first-order chi connectivity index (χ1) is 10.0. The van der Waals surface area contributed by atoms with Gasteiger partial charge in [-0.15, -0.1) is 0 Å². The van der Waals surface area contributed by atoms with Gasteiger partial charge in [0.25, 0.3) is 0 Å². The minimum atomic E-state index is -0.110. The molecule has 0 bridgehead atoms. The summed E-state index contributed by atoms with van der Waals surface area (Å²) in [5, 5.41) is 10.5. The zero-order chi connectivity index (χ0) is 14.8. The summed E-state index contributed by atoms with van der Waals surface area (Å²) in [6, 6.07) is 0. The monoisotopic (exact) mass is 286 g/mol. The third kappa shape index (κ3) is 1.84. The number of allylic oxidation sites excluding steroid dienone is 4. The molecule has 0 spiro atoms. The summed E-state index contributed by atoms with van der Waals surface area (Å²) in [7, 11) is 0. The van der Waals surface area contributed by atoms with Gasteiger partial charge in [0, 0.05) is 6.42 Å². The van der Waals surface area contributed by atoms with Crippen LogP contribution in [0.15, 0.2) is 22.8 Å². The predicted molar refractivity (Wildman–Crippen MR) is 82.7 cm³/mol. The zero-order valence-electron chi connectivity index (χ0n) is 13.2. The first-order valence-electron chi connectivity index (χ1n) is 8.65. The molecule has 21 heavy (non-hydrogen) atoms. The summed E-state index contributed by atoms with van der Waals surface area (Å²) in [6.07, 6.45) is 9.03. The average molecular weight is 286 g/mol. The standard InChI is InChI=1S/C19H26O2/c1-11-10-19(2)16(7-8-17(19)21)15-5-3-12-9-13(20)4-6-14(12)18(11)15/h9,11,15-17,21H,3-8,10H2,1-2H3/t11-,15?,16?,17?,19?/m0/s1. The van der Waals surface area contributed by atoms with Crippen molar-refractivity contribution in [2.45, 2.75) is 64.9 Å². The molecule has 5 atom stereocenters. The third-order valence-corrected chi connectivity index (χ3v) is 6.94. The van der Waals surface area contributed by atoms with E-state index in [-0.39, 0.29) is 11.5 Å². The van der Waals surface area contributed by atoms with Gasteiger partial charge in [-0.1, -0.05) is 19.4 Å². The Bertz CT molecular complexity index is 556. The molecule has 2 saturated carbocycles. The Hall–Kier alpha value is -0.890. The third-order valence-electron chi connectivity index (χ3n) is 6.94. The Morgan fingerprint density at radius 3 is 2.81 bits per heavy atom. The summed E-state index contributed by atoms with van der Waals surface area (Å²) >= 11 is 0. The topological polar surface area (TPSA) is 37.3 Å². The second-order valence-electron chi connectivity index (χ2n) is 8.03. The maximum Gasteiger partial charge on any atom is 0.156 e. The van der Waals surface area contributed by atoms with Crippen molar-refractivity contribution in [3.8, 4) is 0 Å². The SMILES string of the molecule is C[C@H]1CC2(C)C(O)CCC2C2CCC3=CC(=O)CCC3=C21. The Balaban J connectivity index is 1.80. The van der Waals surface area contributed by atoms with Crippen molar-refractivity contribution < 1.29 is 9.90 Å². The van der Waals surface area contributed by atoms with E-state index in [2.05, 4.69) is 13.8 Å². The van der Waals surface area contributed by atoms with Gasteiger partial charge in [0.15, 0.2) is 5.78 Å². The number of aliphatic hydroxyl groups is 1. The van der Waals surface area contributed by atoms with Gasteiger partial charge in [-0.2, -0.15) is 0 Å². The summed E-state index contributed by atoms with van der Waals surface area (Å²) in [6.45, 7) is 4.67. The molecule has 2 heteroatoms. The van der Waals surface area contributed by atoms with Crippen LogP contribution < -0.4 is 0 Å². The van der Waals surface area contributed by atoms with Crippen LogP contribution in [0.4, 0.5) is 0 Å². The number of hydrogen-bond acceptors (Lipinski definition) is 2. The molecule has 0 aliphatic heterocycles. The van der Waals surface area contributed by atoms with E-state index in [1.54, 1.807) is 5.57 Å². The maximum absolute atomic E-state index is 11.7. The fourth-order valence-corrected chi connectivity index (χ4v) is 6.05. The molecule has 4 aliphatic carbocycles. The highest BCUT2D eigenvalue weighted by Gasteiger charge is 2.55. The van der Waals surface area contributed by atoms with E-state index < -0.39 is 0 Å². The number of rotatable bonds is 0. The number of carbonyl (C=O) groups is 1. The van der Waals surface area contributed by atoms with Crippen molar-refractivity contribution in [3.05, 3.63) is 22.8 Å². The van der Waals surface area contributed by atoms with Gasteiger partial charge in [-0.3, -0.25) is 4.79 Å². The number of carbonyl (C=O) groups excluding carboxylic acids is 1. The lowest BCUT2D eigenvalue weighted by molar-refractivity contribution is -0.114. The van der Waals surface area contributed by atoms with Crippen molar-refractivity contribution in [1.29, 1.82) is 0 Å². The summed E-state index contributed by atoms with van der Waals surface area (Å²) in [5.74, 6) is 2.20. The highest BCUT2D eigenvalue weighted by atomic mass is 16.3. The van der Waals surface area contributed by atoms with Gasteiger partial charge in [-0.05, 0) is 78.9 Å². The van der Waals surface area contributed by atoms with Gasteiger partial charge >= 0.3 is 0 Å². The van der Waals surface area contributed by atoms with Crippen LogP contribution in [0.1, 0.15) is 58.8 Å². The van der Waals surface area contributed by atoms with Crippen molar-refractivity contribution in [1.82, 2.24) is 0 Å². The second kappa shape index (κ2) is 4.55. The van der Waals surface area contributed by atoms with E-state index in [1.807, 2.05) is 6.08 Å². The minimum absolute atomic E-state index is 0.110. The Morgan fingerprint density at radius 1 is 1.19 bits per heavy atom. The molecule has 0 saturated heterocycles. The van der Waals surface area contributed by atoms with Crippen LogP contribution in [0.2, 0.25) is 0 Å². The number of fused-ring (bicyclic) bond motifs is 4. The molecular weight excluding hydrogens is 260 g/mol. The van der Waals surface area contributed by atoms with Crippen molar-refractivity contribution >= 4 is 5.78 Å². The molecule has 4 aliphatic rings. The molecule has 0 radical (unpaired) electrons. The molecule has 0 amide bonds. The zero-order valence-corrected chi connectivity index (χ0v) is 13.2. The molecule has 0 aromatic carbocycles. The first-order valence-corrected chi connectivity index (χ1v) is 8.65. The fraction of sp³-hybridized carbons (Fsp3) is 0.737. The van der Waals surface area contributed by atoms with Crippen LogP contribution in [-0.4, -0.2) is 17.0 Å². The van der Waals surface area contributed by atoms with Crippen molar-refractivity contribution in [3.63, 3.8) is 0 Å². The highest BCUT2D eigenvalue weighted by molar-refractivity contribution is 5.93. The van der Waals surface area contributed by atoms with E-state index in [0.29, 0.717) is 30.0 Å². The van der Waals surface area contributed by atoms with E-state index in [4.69, 9.17) is 0 Å². The summed E-state index contributed by atoms with van der Waals surface area (Å²) in [4.78, 5) is 11.7. The molecule has 4 unspecified atom stereocenters. The molecular formula is C19H26O2. The second-order valence-corrected chi connectivity index (χ2v) is 8.03. The predicted octanol–water partition coefficient (Wildman–Crippen LogP) is 3.80. The number of hydrogen-bond donors (Lipinski definition) is 1. The smallest absolute Gasteiger partial charge is 0.156 e. The Kier molecular flexibility index (Phi) is 2.98. The van der Waals surface area contributed by atoms with Crippen LogP contribution >= 0.6 is 0 Å². The summed E-state index contributed by atoms with van der Waals surface area (Å²) < 4.78 is 0. The molecule has 114 valence electrons. The molecule has 1 N–H and O–H groups in total. The molecule has 2 nitrogen and oxygen atoms in total. The van der Waals surface area contributed by atoms with Crippen LogP contribution in [0.5, 0.6) is 0 Å². The van der Waals surface area contributed by atoms with Gasteiger partial charge < -0.3 is 5.11 Å². The first kappa shape index (κ1) is 13.8. The van der Waals surface area contributed by atoms with Gasteiger partial charge in [-0.25, -0.2) is 0 Å². The van der Waals surface area contributed by atoms with E-state index in [0.717, 1.165) is 25.7 Å².